The molecular formula is C23H23Cl2N3O6S. The molecule has 2 aromatic carbocycles. The molecule has 35 heavy (non-hydrogen) atoms. The molecule has 1 N–H and O–H groups in total. The summed E-state index contributed by atoms with van der Waals surface area (Å²) in [5.41, 5.74) is 0.950. The van der Waals surface area contributed by atoms with E-state index in [0.29, 0.717) is 21.3 Å². The van der Waals surface area contributed by atoms with Crippen LogP contribution in [0.15, 0.2) is 66.1 Å². The fourth-order valence-electron chi connectivity index (χ4n) is 3.75. The number of nitrogens with zero attached hydrogens (tertiary/aromatic N) is 2. The summed E-state index contributed by atoms with van der Waals surface area (Å²) in [5.74, 6) is -1.63. The van der Waals surface area contributed by atoms with Crippen LogP contribution in [0.5, 0.6) is 0 Å². The van der Waals surface area contributed by atoms with E-state index in [1.165, 1.54) is 24.3 Å². The Morgan fingerprint density at radius 1 is 1.26 bits per heavy atom. The quantitative estimate of drug-likeness (QED) is 0.448. The lowest BCUT2D eigenvalue weighted by atomic mass is 10.1. The fourth-order valence-corrected chi connectivity index (χ4v) is 5.70. The second-order valence-corrected chi connectivity index (χ2v) is 10.7. The molecule has 0 saturated carbocycles. The van der Waals surface area contributed by atoms with E-state index in [-0.39, 0.29) is 30.4 Å². The van der Waals surface area contributed by atoms with E-state index in [1.54, 1.807) is 48.4 Å². The predicted octanol–water partition coefficient (Wildman–Crippen LogP) is 4.50. The van der Waals surface area contributed by atoms with Crippen molar-refractivity contribution in [2.24, 2.45) is 0 Å². The first kappa shape index (κ1) is 25.5. The van der Waals surface area contributed by atoms with Crippen LogP contribution in [0, 0.1) is 0 Å². The molecule has 9 nitrogen and oxygen atoms in total. The van der Waals surface area contributed by atoms with E-state index >= 15 is 0 Å². The zero-order valence-electron chi connectivity index (χ0n) is 18.7. The molecule has 0 spiro atoms. The molecule has 2 atom stereocenters. The van der Waals surface area contributed by atoms with Crippen molar-refractivity contribution in [3.8, 4) is 0 Å². The maximum atomic E-state index is 13.1. The van der Waals surface area contributed by atoms with Crippen LogP contribution in [-0.2, 0) is 36.4 Å². The van der Waals surface area contributed by atoms with Crippen molar-refractivity contribution in [1.29, 1.82) is 0 Å². The summed E-state index contributed by atoms with van der Waals surface area (Å²) in [7, 11) is -3.73. The van der Waals surface area contributed by atoms with Gasteiger partial charge >= 0.3 is 6.09 Å². The third kappa shape index (κ3) is 5.96. The summed E-state index contributed by atoms with van der Waals surface area (Å²) >= 11 is 12.5. The van der Waals surface area contributed by atoms with Crippen LogP contribution < -0.4 is 5.32 Å². The first-order valence-electron chi connectivity index (χ1n) is 10.7. The van der Waals surface area contributed by atoms with Gasteiger partial charge in [-0.1, -0.05) is 29.3 Å². The highest BCUT2D eigenvalue weighted by molar-refractivity contribution is 7.91. The maximum Gasteiger partial charge on any atom is 0.411 e. The van der Waals surface area contributed by atoms with Crippen LogP contribution in [0.1, 0.15) is 12.5 Å². The van der Waals surface area contributed by atoms with Crippen LogP contribution in [-0.4, -0.2) is 49.1 Å². The van der Waals surface area contributed by atoms with Crippen molar-refractivity contribution in [2.45, 2.75) is 30.3 Å². The van der Waals surface area contributed by atoms with E-state index in [1.807, 2.05) is 0 Å². The molecule has 186 valence electrons. The molecule has 4 rings (SSSR count). The van der Waals surface area contributed by atoms with Gasteiger partial charge in [-0.05, 0) is 43.3 Å². The lowest BCUT2D eigenvalue weighted by molar-refractivity contribution is -0.184. The zero-order valence-corrected chi connectivity index (χ0v) is 21.0. The number of amides is 1. The van der Waals surface area contributed by atoms with Crippen molar-refractivity contribution in [3.05, 3.63) is 76.8 Å². The Kier molecular flexibility index (Phi) is 7.67. The van der Waals surface area contributed by atoms with Crippen molar-refractivity contribution in [2.75, 3.05) is 24.3 Å². The van der Waals surface area contributed by atoms with Crippen molar-refractivity contribution >= 4 is 44.8 Å². The second-order valence-electron chi connectivity index (χ2n) is 7.81. The third-order valence-electron chi connectivity index (χ3n) is 5.29. The molecule has 1 fully saturated rings. The summed E-state index contributed by atoms with van der Waals surface area (Å²) in [6.45, 7) is 2.16. The molecule has 3 aromatic rings. The number of halogens is 2. The summed E-state index contributed by atoms with van der Waals surface area (Å²) in [6, 6.07) is 10.8. The molecule has 1 aliphatic heterocycles. The first-order valence-corrected chi connectivity index (χ1v) is 13.1. The van der Waals surface area contributed by atoms with E-state index in [9.17, 15) is 13.2 Å². The van der Waals surface area contributed by atoms with E-state index in [2.05, 4.69) is 10.3 Å². The SMILES string of the molecule is CCOC(=O)Nc1ccc(S(=O)(=O)CC2COC(Cn3ccnc3)(c3ccc(Cl)cc3Cl)O2)cc1. The molecule has 1 aromatic heterocycles. The molecule has 2 unspecified atom stereocenters. The molecule has 1 saturated heterocycles. The summed E-state index contributed by atoms with van der Waals surface area (Å²) in [6.07, 6.45) is 3.60. The molecule has 1 amide bonds. The number of sulfone groups is 1. The second kappa shape index (κ2) is 10.5. The van der Waals surface area contributed by atoms with Gasteiger partial charge in [0, 0.05) is 28.7 Å². The van der Waals surface area contributed by atoms with Crippen LogP contribution >= 0.6 is 23.2 Å². The number of benzene rings is 2. The fraction of sp³-hybridized carbons (Fsp3) is 0.304. The standard InChI is InChI=1S/C23H23Cl2N3O6S/c1-2-32-22(29)27-17-4-6-19(7-5-17)35(30,31)13-18-12-33-23(34-18,14-28-10-9-26-15-28)20-8-3-16(24)11-21(20)25/h3-11,15,18H,2,12-14H2,1H3,(H,27,29). The van der Waals surface area contributed by atoms with Gasteiger partial charge in [0.1, 0.15) is 0 Å². The predicted molar refractivity (Wildman–Crippen MR) is 130 cm³/mol. The number of carbonyl (C=O) groups is 1. The smallest absolute Gasteiger partial charge is 0.411 e. The van der Waals surface area contributed by atoms with Crippen LogP contribution in [0.25, 0.3) is 0 Å². The van der Waals surface area contributed by atoms with Gasteiger partial charge in [-0.25, -0.2) is 18.2 Å². The average molecular weight is 540 g/mol. The summed E-state index contributed by atoms with van der Waals surface area (Å²) < 4.78 is 45.1. The van der Waals surface area contributed by atoms with Gasteiger partial charge in [0.15, 0.2) is 9.84 Å². The van der Waals surface area contributed by atoms with Crippen LogP contribution in [0.4, 0.5) is 10.5 Å². The minimum Gasteiger partial charge on any atom is -0.450 e. The number of anilines is 1. The van der Waals surface area contributed by atoms with E-state index in [4.69, 9.17) is 37.4 Å². The number of aromatic nitrogens is 2. The Morgan fingerprint density at radius 2 is 2.03 bits per heavy atom. The number of rotatable bonds is 8. The van der Waals surface area contributed by atoms with Gasteiger partial charge < -0.3 is 18.8 Å². The number of carbonyl (C=O) groups excluding carboxylic acids is 1. The number of hydrogen-bond acceptors (Lipinski definition) is 7. The Balaban J connectivity index is 1.52. The first-order chi connectivity index (χ1) is 16.7. The van der Waals surface area contributed by atoms with E-state index in [0.717, 1.165) is 0 Å². The van der Waals surface area contributed by atoms with Crippen molar-refractivity contribution < 1.29 is 27.4 Å². The molecule has 0 radical (unpaired) electrons. The summed E-state index contributed by atoms with van der Waals surface area (Å²) in [4.78, 5) is 15.7. The van der Waals surface area contributed by atoms with Gasteiger partial charge in [-0.2, -0.15) is 0 Å². The monoisotopic (exact) mass is 539 g/mol. The zero-order chi connectivity index (χ0) is 25.1. The number of imidazole rings is 1. The topological polar surface area (TPSA) is 109 Å². The minimum atomic E-state index is -3.73. The Hall–Kier alpha value is -2.63. The van der Waals surface area contributed by atoms with Gasteiger partial charge in [-0.15, -0.1) is 0 Å². The van der Waals surface area contributed by atoms with Crippen LogP contribution in [0.3, 0.4) is 0 Å². The number of nitrogens with one attached hydrogen (secondary N) is 1. The third-order valence-corrected chi connectivity index (χ3v) is 7.64. The highest BCUT2D eigenvalue weighted by Gasteiger charge is 2.46. The van der Waals surface area contributed by atoms with Gasteiger partial charge in [0.2, 0.25) is 5.79 Å². The molecular weight excluding hydrogens is 517 g/mol. The molecule has 12 heteroatoms. The Bertz CT molecular complexity index is 1290. The minimum absolute atomic E-state index is 0.0371. The average Bonchev–Trinajstić information content (AvgIpc) is 3.44. The largest absolute Gasteiger partial charge is 0.450 e. The lowest BCUT2D eigenvalue weighted by Gasteiger charge is -2.30. The van der Waals surface area contributed by atoms with Crippen molar-refractivity contribution in [3.63, 3.8) is 0 Å². The normalized spacial score (nSPS) is 20.0. The molecule has 0 bridgehead atoms. The van der Waals surface area contributed by atoms with Gasteiger partial charge in [-0.3, -0.25) is 5.32 Å². The highest BCUT2D eigenvalue weighted by Crippen LogP contribution is 2.41. The summed E-state index contributed by atoms with van der Waals surface area (Å²) in [5, 5.41) is 3.32. The van der Waals surface area contributed by atoms with Crippen LogP contribution in [0.2, 0.25) is 10.0 Å². The highest BCUT2D eigenvalue weighted by atomic mass is 35.5. The Labute approximate surface area is 212 Å². The van der Waals surface area contributed by atoms with Crippen molar-refractivity contribution in [1.82, 2.24) is 9.55 Å². The van der Waals surface area contributed by atoms with Gasteiger partial charge in [0.05, 0.1) is 47.9 Å². The number of hydrogen-bond donors (Lipinski definition) is 1. The molecule has 0 aliphatic carbocycles. The van der Waals surface area contributed by atoms with Gasteiger partial charge in [0.25, 0.3) is 0 Å². The molecule has 1 aliphatic rings. The molecule has 2 heterocycles. The lowest BCUT2D eigenvalue weighted by Crippen LogP contribution is -2.34. The number of ether oxygens (including phenoxy) is 3. The van der Waals surface area contributed by atoms with E-state index < -0.39 is 27.8 Å². The Morgan fingerprint density at radius 3 is 2.69 bits per heavy atom. The maximum absolute atomic E-state index is 13.1.